The topological polar surface area (TPSA) is 83.5 Å². The largest absolute Gasteiger partial charge is 0.480 e. The smallest absolute Gasteiger partial charge is 0.321 e. The molecule has 18 heavy (non-hydrogen) atoms. The molecule has 0 aromatic heterocycles. The van der Waals surface area contributed by atoms with E-state index in [0.717, 1.165) is 5.56 Å². The van der Waals surface area contributed by atoms with Crippen LogP contribution in [0.25, 0.3) is 0 Å². The molecule has 0 saturated carbocycles. The van der Waals surface area contributed by atoms with Crippen LogP contribution in [0.5, 0.6) is 0 Å². The van der Waals surface area contributed by atoms with Crippen molar-refractivity contribution in [1.82, 2.24) is 4.72 Å². The van der Waals surface area contributed by atoms with Crippen LogP contribution in [0, 0.1) is 13.8 Å². The zero-order chi connectivity index (χ0) is 13.9. The van der Waals surface area contributed by atoms with E-state index in [0.29, 0.717) is 5.56 Å². The predicted octanol–water partition coefficient (Wildman–Crippen LogP) is 1.44. The molecular formula is C12H17NO4S. The van der Waals surface area contributed by atoms with E-state index >= 15 is 0 Å². The first-order valence-electron chi connectivity index (χ1n) is 5.60. The third-order valence-electron chi connectivity index (χ3n) is 2.64. The van der Waals surface area contributed by atoms with Gasteiger partial charge in [-0.05, 0) is 37.5 Å². The molecule has 2 N–H and O–H groups in total. The summed E-state index contributed by atoms with van der Waals surface area (Å²) in [5.74, 6) is -1.17. The molecule has 0 spiro atoms. The highest BCUT2D eigenvalue weighted by molar-refractivity contribution is 7.89. The van der Waals surface area contributed by atoms with Gasteiger partial charge in [0.25, 0.3) is 0 Å². The van der Waals surface area contributed by atoms with Gasteiger partial charge in [-0.15, -0.1) is 0 Å². The van der Waals surface area contributed by atoms with Gasteiger partial charge in [-0.25, -0.2) is 8.42 Å². The Hall–Kier alpha value is -1.40. The lowest BCUT2D eigenvalue weighted by Gasteiger charge is -2.14. The summed E-state index contributed by atoms with van der Waals surface area (Å²) < 4.78 is 26.4. The molecule has 1 unspecified atom stereocenters. The lowest BCUT2D eigenvalue weighted by atomic mass is 10.2. The Morgan fingerprint density at radius 1 is 1.39 bits per heavy atom. The van der Waals surface area contributed by atoms with Gasteiger partial charge in [0.1, 0.15) is 6.04 Å². The summed E-state index contributed by atoms with van der Waals surface area (Å²) in [5, 5.41) is 8.88. The summed E-state index contributed by atoms with van der Waals surface area (Å²) in [5.41, 5.74) is 1.40. The van der Waals surface area contributed by atoms with Crippen molar-refractivity contribution in [1.29, 1.82) is 0 Å². The number of rotatable bonds is 5. The predicted molar refractivity (Wildman–Crippen MR) is 68.0 cm³/mol. The van der Waals surface area contributed by atoms with Gasteiger partial charge < -0.3 is 5.11 Å². The maximum absolute atomic E-state index is 12.1. The number of sulfonamides is 1. The van der Waals surface area contributed by atoms with Crippen molar-refractivity contribution in [3.8, 4) is 0 Å². The van der Waals surface area contributed by atoms with Crippen LogP contribution in [-0.4, -0.2) is 25.5 Å². The number of aryl methyl sites for hydroxylation is 2. The minimum absolute atomic E-state index is 0.127. The lowest BCUT2D eigenvalue weighted by Crippen LogP contribution is -2.40. The summed E-state index contributed by atoms with van der Waals surface area (Å²) >= 11 is 0. The number of hydrogen-bond donors (Lipinski definition) is 2. The van der Waals surface area contributed by atoms with Crippen LogP contribution >= 0.6 is 0 Å². The molecule has 0 bridgehead atoms. The molecule has 100 valence electrons. The highest BCUT2D eigenvalue weighted by Gasteiger charge is 2.24. The first-order valence-corrected chi connectivity index (χ1v) is 7.08. The molecule has 0 saturated heterocycles. The highest BCUT2D eigenvalue weighted by atomic mass is 32.2. The van der Waals surface area contributed by atoms with Gasteiger partial charge in [0, 0.05) is 0 Å². The molecule has 1 rings (SSSR count). The molecule has 1 atom stereocenters. The first kappa shape index (κ1) is 14.7. The summed E-state index contributed by atoms with van der Waals surface area (Å²) in [6.45, 7) is 5.08. The molecule has 0 aliphatic carbocycles. The van der Waals surface area contributed by atoms with E-state index in [1.54, 1.807) is 26.8 Å². The maximum atomic E-state index is 12.1. The highest BCUT2D eigenvalue weighted by Crippen LogP contribution is 2.17. The maximum Gasteiger partial charge on any atom is 0.321 e. The van der Waals surface area contributed by atoms with Crippen molar-refractivity contribution < 1.29 is 18.3 Å². The van der Waals surface area contributed by atoms with E-state index in [4.69, 9.17) is 5.11 Å². The molecule has 5 nitrogen and oxygen atoms in total. The molecule has 0 fully saturated rings. The van der Waals surface area contributed by atoms with Crippen LogP contribution < -0.4 is 4.72 Å². The molecule has 0 aliphatic rings. The molecule has 0 amide bonds. The number of carboxylic acid groups (broad SMARTS) is 1. The van der Waals surface area contributed by atoms with E-state index in [2.05, 4.69) is 4.72 Å². The van der Waals surface area contributed by atoms with Crippen LogP contribution in [0.1, 0.15) is 24.5 Å². The Morgan fingerprint density at radius 2 is 2.00 bits per heavy atom. The van der Waals surface area contributed by atoms with E-state index in [9.17, 15) is 13.2 Å². The van der Waals surface area contributed by atoms with E-state index < -0.39 is 22.0 Å². The van der Waals surface area contributed by atoms with Crippen molar-refractivity contribution >= 4 is 16.0 Å². The molecule has 0 radical (unpaired) electrons. The van der Waals surface area contributed by atoms with Gasteiger partial charge >= 0.3 is 5.97 Å². The van der Waals surface area contributed by atoms with E-state index in [1.165, 1.54) is 6.07 Å². The molecular weight excluding hydrogens is 254 g/mol. The number of hydrogen-bond acceptors (Lipinski definition) is 3. The lowest BCUT2D eigenvalue weighted by molar-refractivity contribution is -0.139. The van der Waals surface area contributed by atoms with Crippen LogP contribution in [0.4, 0.5) is 0 Å². The van der Waals surface area contributed by atoms with Gasteiger partial charge in [-0.3, -0.25) is 4.79 Å². The van der Waals surface area contributed by atoms with Gasteiger partial charge in [0.2, 0.25) is 10.0 Å². The van der Waals surface area contributed by atoms with Gasteiger partial charge in [-0.2, -0.15) is 4.72 Å². The quantitative estimate of drug-likeness (QED) is 0.849. The zero-order valence-electron chi connectivity index (χ0n) is 10.6. The van der Waals surface area contributed by atoms with Gasteiger partial charge in [-0.1, -0.05) is 19.1 Å². The Kier molecular flexibility index (Phi) is 4.48. The summed E-state index contributed by atoms with van der Waals surface area (Å²) in [4.78, 5) is 11.0. The molecule has 0 aliphatic heterocycles. The molecule has 6 heteroatoms. The number of carbonyl (C=O) groups is 1. The molecule has 1 aromatic carbocycles. The number of carboxylic acids is 1. The fraction of sp³-hybridized carbons (Fsp3) is 0.417. The second kappa shape index (κ2) is 5.49. The minimum Gasteiger partial charge on any atom is -0.480 e. The SMILES string of the molecule is CCC(NS(=O)(=O)c1cc(C)ccc1C)C(=O)O. The van der Waals surface area contributed by atoms with Gasteiger partial charge in [0.05, 0.1) is 4.90 Å². The monoisotopic (exact) mass is 271 g/mol. The van der Waals surface area contributed by atoms with Crippen LogP contribution in [0.3, 0.4) is 0 Å². The van der Waals surface area contributed by atoms with E-state index in [1.807, 2.05) is 6.07 Å². The summed E-state index contributed by atoms with van der Waals surface area (Å²) in [6, 6.07) is 3.94. The average molecular weight is 271 g/mol. The Labute approximate surface area is 107 Å². The van der Waals surface area contributed by atoms with Crippen LogP contribution in [0.15, 0.2) is 23.1 Å². The standard InChI is InChI=1S/C12H17NO4S/c1-4-10(12(14)15)13-18(16,17)11-7-8(2)5-6-9(11)3/h5-7,10,13H,4H2,1-3H3,(H,14,15). The third-order valence-corrected chi connectivity index (χ3v) is 4.25. The second-order valence-corrected chi connectivity index (χ2v) is 5.87. The van der Waals surface area contributed by atoms with Crippen molar-refractivity contribution in [2.75, 3.05) is 0 Å². The Bertz CT molecular complexity index is 551. The molecule has 0 heterocycles. The first-order chi connectivity index (χ1) is 8.27. The van der Waals surface area contributed by atoms with E-state index in [-0.39, 0.29) is 11.3 Å². The normalized spacial score (nSPS) is 13.3. The number of aliphatic carboxylic acids is 1. The van der Waals surface area contributed by atoms with Crippen LogP contribution in [0.2, 0.25) is 0 Å². The Morgan fingerprint density at radius 3 is 2.50 bits per heavy atom. The average Bonchev–Trinajstić information content (AvgIpc) is 2.28. The summed E-state index contributed by atoms with van der Waals surface area (Å²) in [6.07, 6.45) is 0.194. The van der Waals surface area contributed by atoms with Crippen molar-refractivity contribution in [3.05, 3.63) is 29.3 Å². The van der Waals surface area contributed by atoms with Crippen molar-refractivity contribution in [2.24, 2.45) is 0 Å². The zero-order valence-corrected chi connectivity index (χ0v) is 11.4. The van der Waals surface area contributed by atoms with Crippen molar-refractivity contribution in [2.45, 2.75) is 38.1 Å². The Balaban J connectivity index is 3.14. The third kappa shape index (κ3) is 3.30. The number of benzene rings is 1. The minimum atomic E-state index is -3.80. The van der Waals surface area contributed by atoms with Crippen LogP contribution in [-0.2, 0) is 14.8 Å². The fourth-order valence-electron chi connectivity index (χ4n) is 1.56. The summed E-state index contributed by atoms with van der Waals surface area (Å²) in [7, 11) is -3.80. The van der Waals surface area contributed by atoms with Gasteiger partial charge in [0.15, 0.2) is 0 Å². The second-order valence-electron chi connectivity index (χ2n) is 4.19. The van der Waals surface area contributed by atoms with Crippen molar-refractivity contribution in [3.63, 3.8) is 0 Å². The number of nitrogens with one attached hydrogen (secondary N) is 1. The molecule has 1 aromatic rings. The fourth-order valence-corrected chi connectivity index (χ4v) is 3.16.